The fourth-order valence-electron chi connectivity index (χ4n) is 7.66. The zero-order chi connectivity index (χ0) is 54.0. The minimum Gasteiger partial charge on any atom is -0.494 e. The van der Waals surface area contributed by atoms with Crippen LogP contribution in [0.15, 0.2) is 141 Å². The van der Waals surface area contributed by atoms with Crippen molar-refractivity contribution in [3.05, 3.63) is 163 Å². The fraction of sp³-hybridized carbons (Fsp3) is 0.355. The molecule has 5 rings (SSSR count). The van der Waals surface area contributed by atoms with Crippen LogP contribution in [-0.4, -0.2) is 69.5 Å². The summed E-state index contributed by atoms with van der Waals surface area (Å²) in [6.45, 7) is 9.21. The molecule has 0 fully saturated rings. The van der Waals surface area contributed by atoms with Gasteiger partial charge in [0.15, 0.2) is 0 Å². The number of rotatable bonds is 36. The smallest absolute Gasteiger partial charge is 0.343 e. The van der Waals surface area contributed by atoms with E-state index in [9.17, 15) is 24.0 Å². The molecule has 0 amide bonds. The van der Waals surface area contributed by atoms with Gasteiger partial charge in [-0.3, -0.25) is 0 Å². The Bertz CT molecular complexity index is 2640. The third-order valence-corrected chi connectivity index (χ3v) is 11.9. The van der Waals surface area contributed by atoms with E-state index in [0.29, 0.717) is 56.5 Å². The second-order valence-electron chi connectivity index (χ2n) is 17.8. The maximum Gasteiger partial charge on any atom is 0.343 e. The van der Waals surface area contributed by atoms with E-state index in [0.717, 1.165) is 125 Å². The lowest BCUT2D eigenvalue weighted by molar-refractivity contribution is -0.138. The highest BCUT2D eigenvalue weighted by atomic mass is 16.6. The van der Waals surface area contributed by atoms with Gasteiger partial charge in [0.2, 0.25) is 0 Å². The molecule has 14 nitrogen and oxygen atoms in total. The first-order chi connectivity index (χ1) is 37.1. The summed E-state index contributed by atoms with van der Waals surface area (Å²) in [5.41, 5.74) is 3.15. The van der Waals surface area contributed by atoms with Crippen molar-refractivity contribution in [1.29, 1.82) is 5.26 Å². The molecule has 14 heteroatoms. The van der Waals surface area contributed by atoms with Crippen LogP contribution in [0.5, 0.6) is 28.7 Å². The van der Waals surface area contributed by atoms with Crippen molar-refractivity contribution >= 4 is 29.8 Å². The minimum absolute atomic E-state index is 0.0512. The zero-order valence-electron chi connectivity index (χ0n) is 43.3. The monoisotopic (exact) mass is 1040 g/mol. The lowest BCUT2D eigenvalue weighted by atomic mass is 10.0. The quantitative estimate of drug-likeness (QED) is 0.0121. The minimum atomic E-state index is -0.732. The van der Waals surface area contributed by atoms with Crippen molar-refractivity contribution in [3.63, 3.8) is 0 Å². The molecule has 0 aliphatic rings. The van der Waals surface area contributed by atoms with E-state index < -0.39 is 29.8 Å². The van der Waals surface area contributed by atoms with Crippen molar-refractivity contribution in [2.45, 2.75) is 103 Å². The summed E-state index contributed by atoms with van der Waals surface area (Å²) in [4.78, 5) is 62.6. The van der Waals surface area contributed by atoms with Gasteiger partial charge >= 0.3 is 29.8 Å². The van der Waals surface area contributed by atoms with Crippen molar-refractivity contribution in [2.75, 3.05) is 39.6 Å². The summed E-state index contributed by atoms with van der Waals surface area (Å²) in [6.07, 6.45) is 16.7. The van der Waals surface area contributed by atoms with Gasteiger partial charge < -0.3 is 37.9 Å². The van der Waals surface area contributed by atoms with Gasteiger partial charge in [0, 0.05) is 12.2 Å². The number of hydrogen-bond acceptors (Lipinski definition) is 14. The molecule has 0 saturated carbocycles. The van der Waals surface area contributed by atoms with Crippen LogP contribution in [0.1, 0.15) is 139 Å². The fourth-order valence-corrected chi connectivity index (χ4v) is 7.66. The Labute approximate surface area is 446 Å². The van der Waals surface area contributed by atoms with E-state index in [1.165, 1.54) is 18.2 Å². The van der Waals surface area contributed by atoms with Gasteiger partial charge in [-0.25, -0.2) is 24.0 Å². The Morgan fingerprint density at radius 1 is 0.395 bits per heavy atom. The summed E-state index contributed by atoms with van der Waals surface area (Å²) in [5.74, 6) is -0.989. The lowest BCUT2D eigenvalue weighted by Crippen LogP contribution is -2.14. The second-order valence-corrected chi connectivity index (χ2v) is 17.8. The molecule has 0 bridgehead atoms. The molecule has 0 radical (unpaired) electrons. The Morgan fingerprint density at radius 3 is 1.17 bits per heavy atom. The zero-order valence-corrected chi connectivity index (χ0v) is 43.3. The van der Waals surface area contributed by atoms with Crippen LogP contribution in [0.3, 0.4) is 0 Å². The molecule has 0 N–H and O–H groups in total. The van der Waals surface area contributed by atoms with Gasteiger partial charge in [0.05, 0.1) is 62.4 Å². The van der Waals surface area contributed by atoms with Gasteiger partial charge in [0.25, 0.3) is 0 Å². The predicted octanol–water partition coefficient (Wildman–Crippen LogP) is 13.4. The summed E-state index contributed by atoms with van der Waals surface area (Å²) < 4.78 is 44.7. The molecule has 0 saturated heterocycles. The van der Waals surface area contributed by atoms with E-state index in [4.69, 9.17) is 43.2 Å². The first-order valence-corrected chi connectivity index (χ1v) is 26.2. The van der Waals surface area contributed by atoms with Crippen molar-refractivity contribution in [1.82, 2.24) is 0 Å². The van der Waals surface area contributed by atoms with Crippen molar-refractivity contribution < 1.29 is 61.9 Å². The van der Waals surface area contributed by atoms with Crippen LogP contribution in [0.4, 0.5) is 0 Å². The molecular formula is C62H69NO13. The molecule has 0 unspecified atom stereocenters. The van der Waals surface area contributed by atoms with E-state index in [-0.39, 0.29) is 34.8 Å². The molecule has 0 atom stereocenters. The average molecular weight is 1040 g/mol. The maximum atomic E-state index is 13.6. The van der Waals surface area contributed by atoms with Gasteiger partial charge in [-0.05, 0) is 166 Å². The number of unbranched alkanes of at least 4 members (excludes halogenated alkanes) is 13. The maximum absolute atomic E-state index is 13.6. The molecule has 76 heavy (non-hydrogen) atoms. The largest absolute Gasteiger partial charge is 0.494 e. The Kier molecular flexibility index (Phi) is 26.5. The van der Waals surface area contributed by atoms with Gasteiger partial charge in [-0.15, -0.1) is 0 Å². The van der Waals surface area contributed by atoms with Crippen LogP contribution in [0.25, 0.3) is 11.1 Å². The van der Waals surface area contributed by atoms with E-state index in [1.54, 1.807) is 48.5 Å². The predicted molar refractivity (Wildman–Crippen MR) is 289 cm³/mol. The molecule has 0 aliphatic carbocycles. The molecule has 5 aromatic carbocycles. The molecule has 0 spiro atoms. The molecule has 0 aromatic heterocycles. The van der Waals surface area contributed by atoms with E-state index in [1.807, 2.05) is 48.5 Å². The van der Waals surface area contributed by atoms with Crippen LogP contribution >= 0.6 is 0 Å². The molecule has 0 heterocycles. The van der Waals surface area contributed by atoms with E-state index >= 15 is 0 Å². The van der Waals surface area contributed by atoms with Gasteiger partial charge in [-0.2, -0.15) is 5.26 Å². The number of benzene rings is 5. The number of carbonyl (C=O) groups excluding carboxylic acids is 5. The number of esters is 5. The van der Waals surface area contributed by atoms with Crippen LogP contribution in [0.2, 0.25) is 0 Å². The number of nitriles is 1. The van der Waals surface area contributed by atoms with E-state index in [2.05, 4.69) is 19.2 Å². The highest BCUT2D eigenvalue weighted by Crippen LogP contribution is 2.28. The number of ether oxygens (including phenoxy) is 8. The van der Waals surface area contributed by atoms with Crippen molar-refractivity contribution in [2.24, 2.45) is 0 Å². The topological polar surface area (TPSA) is 183 Å². The van der Waals surface area contributed by atoms with Crippen LogP contribution in [-0.2, 0) is 23.8 Å². The van der Waals surface area contributed by atoms with Crippen LogP contribution < -0.4 is 23.7 Å². The van der Waals surface area contributed by atoms with Crippen molar-refractivity contribution in [3.8, 4) is 45.9 Å². The van der Waals surface area contributed by atoms with Gasteiger partial charge in [-0.1, -0.05) is 75.9 Å². The number of nitrogens with zero attached hydrogens (tertiary/aromatic N) is 1. The molecule has 0 aliphatic heterocycles. The summed E-state index contributed by atoms with van der Waals surface area (Å²) in [7, 11) is 0. The summed E-state index contributed by atoms with van der Waals surface area (Å²) >= 11 is 0. The third-order valence-electron chi connectivity index (χ3n) is 11.9. The standard InChI is InChI=1S/C62H69NO13/c1-3-58(64)72-42-18-13-11-16-40-70-53-33-27-50(28-34-53)60(66)75-55-37-38-57(76-61(67)51-29-35-54(36-30-51)71-41-17-12-14-19-43-73-59(65)4-2)56(45-55)62(68)74-44-20-10-8-6-5-7-9-15-39-69-52-31-25-49(26-32-52)48-23-21-47(46-63)22-24-48/h3-4,21-38,45H,1-2,5-20,39-44H2. The van der Waals surface area contributed by atoms with Crippen LogP contribution in [0, 0.1) is 11.3 Å². The molecule has 400 valence electrons. The third kappa shape index (κ3) is 22.1. The average Bonchev–Trinajstić information content (AvgIpc) is 3.45. The number of hydrogen-bond donors (Lipinski definition) is 0. The first kappa shape index (κ1) is 58.7. The highest BCUT2D eigenvalue weighted by Gasteiger charge is 2.21. The summed E-state index contributed by atoms with van der Waals surface area (Å²) in [5, 5.41) is 9.04. The molecular weight excluding hydrogens is 967 g/mol. The highest BCUT2D eigenvalue weighted by molar-refractivity contribution is 5.97. The molecule has 5 aromatic rings. The van der Waals surface area contributed by atoms with Gasteiger partial charge in [0.1, 0.15) is 34.3 Å². The Hall–Kier alpha value is -8.18. The Morgan fingerprint density at radius 2 is 0.750 bits per heavy atom. The lowest BCUT2D eigenvalue weighted by Gasteiger charge is -2.13. The number of carbonyl (C=O) groups is 5. The SMILES string of the molecule is C=CC(=O)OCCCCCCOc1ccc(C(=O)Oc2ccc(OC(=O)c3ccc(OCCCCCCOC(=O)C=C)cc3)c(C(=O)OCCCCCCCCCCOc3ccc(-c4ccc(C#N)cc4)cc3)c2)cc1. The Balaban J connectivity index is 1.05. The normalized spacial score (nSPS) is 10.6. The second kappa shape index (κ2) is 34.3. The summed E-state index contributed by atoms with van der Waals surface area (Å²) in [6, 6.07) is 34.8. The first-order valence-electron chi connectivity index (χ1n) is 26.2.